The van der Waals surface area contributed by atoms with Gasteiger partial charge in [-0.1, -0.05) is 60.3 Å². The predicted octanol–water partition coefficient (Wildman–Crippen LogP) is 6.59. The Kier molecular flexibility index (Phi) is 7.32. The van der Waals surface area contributed by atoms with Crippen LogP contribution in [0.25, 0.3) is 11.0 Å². The number of nitrogens with one attached hydrogen (secondary N) is 1. The third-order valence-electron chi connectivity index (χ3n) is 7.27. The quantitative estimate of drug-likeness (QED) is 0.228. The SMILES string of the molecule is COc1ccc(CSc2nc3ccncc3n2Cc2ccc(C(=O)NC3CCCc4ccccc43)cc2)cc1. The second-order valence-electron chi connectivity index (χ2n) is 9.80. The summed E-state index contributed by atoms with van der Waals surface area (Å²) in [6.07, 6.45) is 6.78. The molecule has 1 aliphatic carbocycles. The van der Waals surface area contributed by atoms with Crippen LogP contribution in [0.2, 0.25) is 0 Å². The molecule has 196 valence electrons. The lowest BCUT2D eigenvalue weighted by atomic mass is 9.87. The number of carbonyl (C=O) groups is 1. The number of hydrogen-bond acceptors (Lipinski definition) is 5. The number of pyridine rings is 1. The standard InChI is InChI=1S/C32H30N4O2S/c1-38-26-15-11-23(12-16-26)21-39-32-35-29-17-18-33-19-30(29)36(32)20-22-9-13-25(14-10-22)31(37)34-28-8-4-6-24-5-2-3-7-27(24)28/h2-3,5,7,9-19,28H,4,6,8,20-21H2,1H3,(H,34,37). The molecule has 0 saturated heterocycles. The van der Waals surface area contributed by atoms with Crippen LogP contribution >= 0.6 is 11.8 Å². The highest BCUT2D eigenvalue weighted by Crippen LogP contribution is 2.30. The first kappa shape index (κ1) is 25.2. The van der Waals surface area contributed by atoms with Crippen molar-refractivity contribution in [2.75, 3.05) is 7.11 Å². The molecule has 2 heterocycles. The van der Waals surface area contributed by atoms with Crippen molar-refractivity contribution in [3.8, 4) is 5.75 Å². The number of aromatic nitrogens is 3. The lowest BCUT2D eigenvalue weighted by molar-refractivity contribution is 0.0932. The molecule has 0 fully saturated rings. The number of imidazole rings is 1. The first-order chi connectivity index (χ1) is 19.2. The Hall–Kier alpha value is -4.10. The zero-order valence-corrected chi connectivity index (χ0v) is 22.7. The highest BCUT2D eigenvalue weighted by atomic mass is 32.2. The lowest BCUT2D eigenvalue weighted by Crippen LogP contribution is -2.30. The van der Waals surface area contributed by atoms with Crippen LogP contribution in [0.5, 0.6) is 5.75 Å². The summed E-state index contributed by atoms with van der Waals surface area (Å²) in [5, 5.41) is 4.19. The molecule has 7 heteroatoms. The molecule has 0 spiro atoms. The van der Waals surface area contributed by atoms with Gasteiger partial charge < -0.3 is 14.6 Å². The number of amides is 1. The van der Waals surface area contributed by atoms with Gasteiger partial charge in [0, 0.05) is 17.5 Å². The monoisotopic (exact) mass is 534 g/mol. The van der Waals surface area contributed by atoms with Gasteiger partial charge in [-0.05, 0) is 71.8 Å². The van der Waals surface area contributed by atoms with Crippen LogP contribution < -0.4 is 10.1 Å². The first-order valence-electron chi connectivity index (χ1n) is 13.2. The molecule has 0 saturated carbocycles. The van der Waals surface area contributed by atoms with Gasteiger partial charge >= 0.3 is 0 Å². The number of ether oxygens (including phenoxy) is 1. The number of rotatable bonds is 8. The molecule has 39 heavy (non-hydrogen) atoms. The predicted molar refractivity (Wildman–Crippen MR) is 155 cm³/mol. The second-order valence-corrected chi connectivity index (χ2v) is 10.7. The van der Waals surface area contributed by atoms with Crippen LogP contribution in [0.3, 0.4) is 0 Å². The number of benzene rings is 3. The zero-order chi connectivity index (χ0) is 26.6. The minimum absolute atomic E-state index is 0.0312. The smallest absolute Gasteiger partial charge is 0.251 e. The summed E-state index contributed by atoms with van der Waals surface area (Å²) in [6, 6.07) is 26.5. The second kappa shape index (κ2) is 11.3. The van der Waals surface area contributed by atoms with E-state index in [2.05, 4.69) is 51.3 Å². The molecule has 1 amide bonds. The van der Waals surface area contributed by atoms with Crippen LogP contribution in [0, 0.1) is 0 Å². The van der Waals surface area contributed by atoms with Gasteiger partial charge in [0.15, 0.2) is 5.16 Å². The minimum Gasteiger partial charge on any atom is -0.497 e. The molecule has 1 N–H and O–H groups in total. The number of methoxy groups -OCH3 is 1. The Morgan fingerprint density at radius 2 is 1.82 bits per heavy atom. The van der Waals surface area contributed by atoms with Crippen molar-refractivity contribution in [3.05, 3.63) is 119 Å². The van der Waals surface area contributed by atoms with Gasteiger partial charge in [0.2, 0.25) is 0 Å². The molecule has 6 rings (SSSR count). The maximum atomic E-state index is 13.1. The van der Waals surface area contributed by atoms with E-state index in [1.165, 1.54) is 16.7 Å². The van der Waals surface area contributed by atoms with Crippen molar-refractivity contribution in [1.82, 2.24) is 19.9 Å². The van der Waals surface area contributed by atoms with E-state index >= 15 is 0 Å². The molecule has 0 aliphatic heterocycles. The maximum Gasteiger partial charge on any atom is 0.251 e. The first-order valence-corrected chi connectivity index (χ1v) is 14.2. The maximum absolute atomic E-state index is 13.1. The molecule has 0 radical (unpaired) electrons. The van der Waals surface area contributed by atoms with Crippen LogP contribution in [-0.4, -0.2) is 27.6 Å². The third-order valence-corrected chi connectivity index (χ3v) is 8.32. The van der Waals surface area contributed by atoms with Gasteiger partial charge in [0.25, 0.3) is 5.91 Å². The molecule has 1 atom stereocenters. The number of carbonyl (C=O) groups excluding carboxylic acids is 1. The molecule has 3 aromatic carbocycles. The Labute approximate surface area is 232 Å². The highest BCUT2D eigenvalue weighted by Gasteiger charge is 2.22. The fourth-order valence-electron chi connectivity index (χ4n) is 5.17. The highest BCUT2D eigenvalue weighted by molar-refractivity contribution is 7.98. The van der Waals surface area contributed by atoms with Crippen LogP contribution in [0.15, 0.2) is 96.4 Å². The van der Waals surface area contributed by atoms with Gasteiger partial charge in [-0.2, -0.15) is 0 Å². The number of fused-ring (bicyclic) bond motifs is 2. The van der Waals surface area contributed by atoms with E-state index in [1.807, 2.05) is 48.7 Å². The molecule has 1 aliphatic rings. The van der Waals surface area contributed by atoms with E-state index in [0.29, 0.717) is 12.1 Å². The molecular formula is C32H30N4O2S. The van der Waals surface area contributed by atoms with Gasteiger partial charge in [0.05, 0.1) is 36.9 Å². The summed E-state index contributed by atoms with van der Waals surface area (Å²) >= 11 is 1.70. The van der Waals surface area contributed by atoms with Gasteiger partial charge in [-0.3, -0.25) is 9.78 Å². The number of aryl methyl sites for hydroxylation is 1. The van der Waals surface area contributed by atoms with E-state index < -0.39 is 0 Å². The van der Waals surface area contributed by atoms with Crippen molar-refractivity contribution < 1.29 is 9.53 Å². The van der Waals surface area contributed by atoms with Crippen molar-refractivity contribution in [2.24, 2.45) is 0 Å². The van der Waals surface area contributed by atoms with Crippen molar-refractivity contribution in [3.63, 3.8) is 0 Å². The number of nitrogens with zero attached hydrogens (tertiary/aromatic N) is 3. The van der Waals surface area contributed by atoms with E-state index in [-0.39, 0.29) is 11.9 Å². The number of thioether (sulfide) groups is 1. The van der Waals surface area contributed by atoms with Gasteiger partial charge in [0.1, 0.15) is 5.75 Å². The van der Waals surface area contributed by atoms with Crippen LogP contribution in [-0.2, 0) is 18.7 Å². The molecule has 5 aromatic rings. The van der Waals surface area contributed by atoms with E-state index in [4.69, 9.17) is 9.72 Å². The van der Waals surface area contributed by atoms with E-state index in [1.54, 1.807) is 25.1 Å². The summed E-state index contributed by atoms with van der Waals surface area (Å²) in [6.45, 7) is 0.644. The fourth-order valence-corrected chi connectivity index (χ4v) is 6.14. The topological polar surface area (TPSA) is 69.0 Å². The van der Waals surface area contributed by atoms with Crippen LogP contribution in [0.4, 0.5) is 0 Å². The molecule has 6 nitrogen and oxygen atoms in total. The molecule has 1 unspecified atom stereocenters. The summed E-state index contributed by atoms with van der Waals surface area (Å²) in [4.78, 5) is 22.3. The lowest BCUT2D eigenvalue weighted by Gasteiger charge is -2.26. The van der Waals surface area contributed by atoms with Gasteiger partial charge in [-0.15, -0.1) is 0 Å². The van der Waals surface area contributed by atoms with Gasteiger partial charge in [-0.25, -0.2) is 4.98 Å². The fraction of sp³-hybridized carbons (Fsp3) is 0.219. The van der Waals surface area contributed by atoms with E-state index in [9.17, 15) is 4.79 Å². The Morgan fingerprint density at radius 3 is 2.64 bits per heavy atom. The van der Waals surface area contributed by atoms with Crippen molar-refractivity contribution in [2.45, 2.75) is 42.8 Å². The Morgan fingerprint density at radius 1 is 1.03 bits per heavy atom. The molecule has 0 bridgehead atoms. The molecular weight excluding hydrogens is 504 g/mol. The average molecular weight is 535 g/mol. The minimum atomic E-state index is -0.0312. The Balaban J connectivity index is 1.17. The Bertz CT molecular complexity index is 1600. The van der Waals surface area contributed by atoms with E-state index in [0.717, 1.165) is 52.5 Å². The largest absolute Gasteiger partial charge is 0.497 e. The van der Waals surface area contributed by atoms with Crippen molar-refractivity contribution >= 4 is 28.7 Å². The van der Waals surface area contributed by atoms with Crippen LogP contribution in [0.1, 0.15) is 51.5 Å². The summed E-state index contributed by atoms with van der Waals surface area (Å²) in [5.41, 5.74) is 7.48. The normalized spacial score (nSPS) is 14.6. The summed E-state index contributed by atoms with van der Waals surface area (Å²) in [7, 11) is 1.68. The number of hydrogen-bond donors (Lipinski definition) is 1. The van der Waals surface area contributed by atoms with Crippen molar-refractivity contribution in [1.29, 1.82) is 0 Å². The summed E-state index contributed by atoms with van der Waals surface area (Å²) < 4.78 is 7.48. The molecule has 2 aromatic heterocycles. The average Bonchev–Trinajstić information content (AvgIpc) is 3.34. The zero-order valence-electron chi connectivity index (χ0n) is 21.8. The summed E-state index contributed by atoms with van der Waals surface area (Å²) in [5.74, 6) is 1.61. The third kappa shape index (κ3) is 5.54.